The van der Waals surface area contributed by atoms with Crippen LogP contribution in [0.5, 0.6) is 17.2 Å². The second kappa shape index (κ2) is 12.6. The molecular formula is C24H36N4O3. The van der Waals surface area contributed by atoms with Crippen molar-refractivity contribution in [1.82, 2.24) is 10.6 Å². The molecule has 0 aromatic heterocycles. The molecule has 0 aliphatic carbocycles. The average Bonchev–Trinajstić information content (AvgIpc) is 2.79. The summed E-state index contributed by atoms with van der Waals surface area (Å²) >= 11 is 0. The molecule has 3 N–H and O–H groups in total. The SMILES string of the molecule is CCNC(=NCc1cc(OC)c(OC)c(OC)c1)NCC(Nc1ccccc1)C(C)C. The standard InChI is InChI=1S/C24H36N4O3/c1-7-25-24(27-16-20(17(2)3)28-19-11-9-8-10-12-19)26-15-18-13-21(29-4)23(31-6)22(14-18)30-5/h8-14,17,20,28H,7,15-16H2,1-6H3,(H2,25,26,27). The number of hydrogen-bond donors (Lipinski definition) is 3. The van der Waals surface area contributed by atoms with E-state index in [9.17, 15) is 0 Å². The molecule has 0 heterocycles. The molecule has 0 amide bonds. The second-order valence-electron chi connectivity index (χ2n) is 7.47. The lowest BCUT2D eigenvalue weighted by Crippen LogP contribution is -2.44. The Kier molecular flexibility index (Phi) is 9.81. The third-order valence-corrected chi connectivity index (χ3v) is 4.91. The van der Waals surface area contributed by atoms with Gasteiger partial charge in [-0.2, -0.15) is 0 Å². The van der Waals surface area contributed by atoms with Crippen molar-refractivity contribution < 1.29 is 14.2 Å². The third-order valence-electron chi connectivity index (χ3n) is 4.91. The average molecular weight is 429 g/mol. The maximum Gasteiger partial charge on any atom is 0.203 e. The number of nitrogens with zero attached hydrogens (tertiary/aromatic N) is 1. The summed E-state index contributed by atoms with van der Waals surface area (Å²) in [5, 5.41) is 10.4. The van der Waals surface area contributed by atoms with E-state index in [1.165, 1.54) is 0 Å². The Labute approximate surface area is 186 Å². The topological polar surface area (TPSA) is 76.1 Å². The van der Waals surface area contributed by atoms with Gasteiger partial charge in [-0.3, -0.25) is 0 Å². The molecular weight excluding hydrogens is 392 g/mol. The van der Waals surface area contributed by atoms with Gasteiger partial charge in [0, 0.05) is 24.8 Å². The van der Waals surface area contributed by atoms with Crippen LogP contribution in [0, 0.1) is 5.92 Å². The molecule has 1 unspecified atom stereocenters. The molecule has 2 aromatic rings. The van der Waals surface area contributed by atoms with Gasteiger partial charge in [-0.15, -0.1) is 0 Å². The van der Waals surface area contributed by atoms with E-state index in [0.29, 0.717) is 29.7 Å². The van der Waals surface area contributed by atoms with E-state index < -0.39 is 0 Å². The van der Waals surface area contributed by atoms with Gasteiger partial charge in [-0.25, -0.2) is 4.99 Å². The zero-order valence-electron chi connectivity index (χ0n) is 19.5. The van der Waals surface area contributed by atoms with Crippen LogP contribution in [-0.4, -0.2) is 46.4 Å². The fraction of sp³-hybridized carbons (Fsp3) is 0.458. The van der Waals surface area contributed by atoms with Gasteiger partial charge < -0.3 is 30.2 Å². The summed E-state index contributed by atoms with van der Waals surface area (Å²) in [6.07, 6.45) is 0. The highest BCUT2D eigenvalue weighted by Crippen LogP contribution is 2.38. The van der Waals surface area contributed by atoms with Crippen LogP contribution in [0.4, 0.5) is 5.69 Å². The lowest BCUT2D eigenvalue weighted by atomic mass is 10.0. The first-order chi connectivity index (χ1) is 15.0. The molecule has 0 radical (unpaired) electrons. The Morgan fingerprint density at radius 3 is 2.10 bits per heavy atom. The van der Waals surface area contributed by atoms with Crippen molar-refractivity contribution in [2.75, 3.05) is 39.7 Å². The first-order valence-corrected chi connectivity index (χ1v) is 10.6. The Hall–Kier alpha value is -3.09. The van der Waals surface area contributed by atoms with Crippen LogP contribution in [0.15, 0.2) is 47.5 Å². The van der Waals surface area contributed by atoms with Crippen molar-refractivity contribution in [2.24, 2.45) is 10.9 Å². The normalized spacial score (nSPS) is 12.3. The van der Waals surface area contributed by atoms with Gasteiger partial charge in [0.1, 0.15) is 0 Å². The van der Waals surface area contributed by atoms with E-state index in [4.69, 9.17) is 19.2 Å². The lowest BCUT2D eigenvalue weighted by Gasteiger charge is -2.25. The predicted octanol–water partition coefficient (Wildman–Crippen LogP) is 3.90. The smallest absolute Gasteiger partial charge is 0.203 e. The number of hydrogen-bond acceptors (Lipinski definition) is 5. The Morgan fingerprint density at radius 2 is 1.58 bits per heavy atom. The molecule has 0 spiro atoms. The molecule has 7 nitrogen and oxygen atoms in total. The molecule has 0 saturated carbocycles. The summed E-state index contributed by atoms with van der Waals surface area (Å²) in [6, 6.07) is 14.4. The molecule has 2 rings (SSSR count). The number of benzene rings is 2. The van der Waals surface area contributed by atoms with E-state index >= 15 is 0 Å². The highest BCUT2D eigenvalue weighted by atomic mass is 16.5. The van der Waals surface area contributed by atoms with Gasteiger partial charge in [-0.1, -0.05) is 32.0 Å². The van der Waals surface area contributed by atoms with E-state index in [1.54, 1.807) is 21.3 Å². The lowest BCUT2D eigenvalue weighted by molar-refractivity contribution is 0.324. The monoisotopic (exact) mass is 428 g/mol. The number of anilines is 1. The summed E-state index contributed by atoms with van der Waals surface area (Å²) in [5.74, 6) is 3.03. The second-order valence-corrected chi connectivity index (χ2v) is 7.47. The summed E-state index contributed by atoms with van der Waals surface area (Å²) in [5.41, 5.74) is 2.08. The molecule has 0 saturated heterocycles. The molecule has 2 aromatic carbocycles. The number of nitrogens with one attached hydrogen (secondary N) is 3. The van der Waals surface area contributed by atoms with Crippen molar-refractivity contribution in [1.29, 1.82) is 0 Å². The number of aliphatic imine (C=N–C) groups is 1. The van der Waals surface area contributed by atoms with Crippen molar-refractivity contribution in [3.8, 4) is 17.2 Å². The van der Waals surface area contributed by atoms with Crippen LogP contribution >= 0.6 is 0 Å². The minimum Gasteiger partial charge on any atom is -0.493 e. The van der Waals surface area contributed by atoms with Gasteiger partial charge in [0.15, 0.2) is 17.5 Å². The van der Waals surface area contributed by atoms with Crippen LogP contribution in [0.25, 0.3) is 0 Å². The number of ether oxygens (including phenoxy) is 3. The quantitative estimate of drug-likeness (QED) is 0.372. The van der Waals surface area contributed by atoms with Crippen molar-refractivity contribution in [3.05, 3.63) is 48.0 Å². The minimum absolute atomic E-state index is 0.257. The highest BCUT2D eigenvalue weighted by Gasteiger charge is 2.15. The zero-order valence-corrected chi connectivity index (χ0v) is 19.5. The fourth-order valence-corrected chi connectivity index (χ4v) is 3.15. The van der Waals surface area contributed by atoms with Gasteiger partial charge >= 0.3 is 0 Å². The Balaban J connectivity index is 2.10. The molecule has 0 fully saturated rings. The largest absolute Gasteiger partial charge is 0.493 e. The predicted molar refractivity (Wildman–Crippen MR) is 128 cm³/mol. The molecule has 31 heavy (non-hydrogen) atoms. The van der Waals surface area contributed by atoms with Crippen LogP contribution < -0.4 is 30.2 Å². The highest BCUT2D eigenvalue weighted by molar-refractivity contribution is 5.79. The van der Waals surface area contributed by atoms with E-state index in [-0.39, 0.29) is 6.04 Å². The molecule has 0 aliphatic rings. The molecule has 0 bridgehead atoms. The van der Waals surface area contributed by atoms with Crippen LogP contribution in [-0.2, 0) is 6.54 Å². The van der Waals surface area contributed by atoms with Crippen LogP contribution in [0.2, 0.25) is 0 Å². The Morgan fingerprint density at radius 1 is 0.935 bits per heavy atom. The number of para-hydroxylation sites is 1. The zero-order chi connectivity index (χ0) is 22.6. The van der Waals surface area contributed by atoms with Gasteiger partial charge in [0.2, 0.25) is 5.75 Å². The summed E-state index contributed by atoms with van der Waals surface area (Å²) in [7, 11) is 4.82. The van der Waals surface area contributed by atoms with Crippen LogP contribution in [0.1, 0.15) is 26.3 Å². The fourth-order valence-electron chi connectivity index (χ4n) is 3.15. The minimum atomic E-state index is 0.257. The maximum absolute atomic E-state index is 5.44. The first kappa shape index (κ1) is 24.2. The van der Waals surface area contributed by atoms with Gasteiger partial charge in [-0.05, 0) is 42.7 Å². The number of guanidine groups is 1. The maximum atomic E-state index is 5.44. The van der Waals surface area contributed by atoms with Crippen molar-refractivity contribution >= 4 is 11.6 Å². The number of methoxy groups -OCH3 is 3. The molecule has 1 atom stereocenters. The number of rotatable bonds is 11. The molecule has 170 valence electrons. The molecule has 7 heteroatoms. The van der Waals surface area contributed by atoms with E-state index in [1.807, 2.05) is 30.3 Å². The van der Waals surface area contributed by atoms with Crippen molar-refractivity contribution in [2.45, 2.75) is 33.4 Å². The van der Waals surface area contributed by atoms with E-state index in [0.717, 1.165) is 30.3 Å². The molecule has 0 aliphatic heterocycles. The summed E-state index contributed by atoms with van der Waals surface area (Å²) in [6.45, 7) is 8.47. The third kappa shape index (κ3) is 7.27. The summed E-state index contributed by atoms with van der Waals surface area (Å²) < 4.78 is 16.3. The van der Waals surface area contributed by atoms with Crippen LogP contribution in [0.3, 0.4) is 0 Å². The van der Waals surface area contributed by atoms with Gasteiger partial charge in [0.05, 0.1) is 27.9 Å². The first-order valence-electron chi connectivity index (χ1n) is 10.6. The Bertz CT molecular complexity index is 800. The van der Waals surface area contributed by atoms with Crippen molar-refractivity contribution in [3.63, 3.8) is 0 Å². The van der Waals surface area contributed by atoms with E-state index in [2.05, 4.69) is 48.9 Å². The van der Waals surface area contributed by atoms with Gasteiger partial charge in [0.25, 0.3) is 0 Å². The summed E-state index contributed by atoms with van der Waals surface area (Å²) in [4.78, 5) is 4.74.